The van der Waals surface area contributed by atoms with Gasteiger partial charge in [-0.15, -0.1) is 5.06 Å². The highest BCUT2D eigenvalue weighted by Crippen LogP contribution is 2.66. The molecule has 1 aliphatic heterocycles. The van der Waals surface area contributed by atoms with E-state index in [-0.39, 0.29) is 64.3 Å². The molecular formula is C33H39BrNO13P. The van der Waals surface area contributed by atoms with Crippen LogP contribution in [0.3, 0.4) is 0 Å². The summed E-state index contributed by atoms with van der Waals surface area (Å²) < 4.78 is 52.7. The lowest BCUT2D eigenvalue weighted by molar-refractivity contribution is -0.195. The first-order valence-electron chi connectivity index (χ1n) is 14.5. The number of benzene rings is 3. The second-order valence-electron chi connectivity index (χ2n) is 10.2. The van der Waals surface area contributed by atoms with E-state index in [0.717, 1.165) is 0 Å². The molecule has 0 spiro atoms. The fraction of sp³-hybridized carbons (Fsp3) is 0.364. The highest BCUT2D eigenvalue weighted by Gasteiger charge is 2.60. The van der Waals surface area contributed by atoms with E-state index < -0.39 is 31.2 Å². The molecule has 49 heavy (non-hydrogen) atoms. The van der Waals surface area contributed by atoms with Gasteiger partial charge in [0.2, 0.25) is 0 Å². The van der Waals surface area contributed by atoms with Crippen molar-refractivity contribution in [3.8, 4) is 51.7 Å². The molecule has 266 valence electrons. The summed E-state index contributed by atoms with van der Waals surface area (Å²) in [6, 6.07) is 9.81. The molecule has 1 fully saturated rings. The summed E-state index contributed by atoms with van der Waals surface area (Å²) in [6.07, 6.45) is -0.694. The maximum Gasteiger partial charge on any atom is 0.371 e. The second-order valence-corrected chi connectivity index (χ2v) is 13.4. The smallest absolute Gasteiger partial charge is 0.371 e. The van der Waals surface area contributed by atoms with Gasteiger partial charge in [0.15, 0.2) is 56.6 Å². The zero-order chi connectivity index (χ0) is 35.2. The van der Waals surface area contributed by atoms with Gasteiger partial charge in [-0.1, -0.05) is 0 Å². The quantitative estimate of drug-likeness (QED) is 0.147. The van der Waals surface area contributed by atoms with E-state index in [1.807, 2.05) is 0 Å². The fourth-order valence-electron chi connectivity index (χ4n) is 5.65. The van der Waals surface area contributed by atoms with Gasteiger partial charge in [0.05, 0.1) is 64.0 Å². The highest BCUT2D eigenvalue weighted by atomic mass is 79.9. The molecule has 0 unspecified atom stereocenters. The molecule has 0 aromatic heterocycles. The molecule has 14 nitrogen and oxygen atoms in total. The van der Waals surface area contributed by atoms with Crippen molar-refractivity contribution in [2.45, 2.75) is 12.8 Å². The van der Waals surface area contributed by atoms with Crippen LogP contribution in [0.25, 0.3) is 0 Å². The van der Waals surface area contributed by atoms with Gasteiger partial charge in [0.1, 0.15) is 24.5 Å². The number of halogens is 1. The van der Waals surface area contributed by atoms with Gasteiger partial charge in [-0.2, -0.15) is 0 Å². The number of nitrogens with zero attached hydrogens (tertiary/aromatic N) is 1. The van der Waals surface area contributed by atoms with Crippen LogP contribution in [-0.4, -0.2) is 93.0 Å². The molecule has 3 aromatic carbocycles. The van der Waals surface area contributed by atoms with Gasteiger partial charge in [-0.05, 0) is 0 Å². The van der Waals surface area contributed by atoms with E-state index in [0.29, 0.717) is 38.2 Å². The van der Waals surface area contributed by atoms with Crippen LogP contribution in [0.15, 0.2) is 36.4 Å². The Labute approximate surface area is 295 Å². The molecule has 4 rings (SSSR count). The van der Waals surface area contributed by atoms with Gasteiger partial charge in [-0.25, -0.2) is 4.79 Å². The molecule has 1 aliphatic rings. The average Bonchev–Trinajstić information content (AvgIpc) is 3.43. The number of ether oxygens (including phenoxy) is 9. The Bertz CT molecular complexity index is 1450. The summed E-state index contributed by atoms with van der Waals surface area (Å²) in [5, 5.41) is 1.60. The van der Waals surface area contributed by atoms with Crippen LogP contribution in [-0.2, 0) is 19.2 Å². The molecule has 1 heterocycles. The van der Waals surface area contributed by atoms with E-state index in [9.17, 15) is 14.4 Å². The van der Waals surface area contributed by atoms with Gasteiger partial charge < -0.3 is 64.5 Å². The first kappa shape index (κ1) is 38.8. The minimum Gasteiger partial charge on any atom is -1.00 e. The maximum absolute atomic E-state index is 14.3. The summed E-state index contributed by atoms with van der Waals surface area (Å²) in [7, 11) is 9.44. The number of hydroxylamine groups is 2. The molecule has 16 heteroatoms. The third-order valence-corrected chi connectivity index (χ3v) is 12.1. The Kier molecular flexibility index (Phi) is 13.2. The lowest BCUT2D eigenvalue weighted by Gasteiger charge is -2.33. The third kappa shape index (κ3) is 7.23. The molecule has 0 bridgehead atoms. The van der Waals surface area contributed by atoms with Gasteiger partial charge in [-0.3, -0.25) is 9.59 Å². The van der Waals surface area contributed by atoms with Crippen LogP contribution < -0.4 is 75.5 Å². The number of carbonyl (C=O) groups is 3. The molecule has 0 atom stereocenters. The largest absolute Gasteiger partial charge is 1.00 e. The van der Waals surface area contributed by atoms with E-state index in [1.165, 1.54) is 64.0 Å². The second kappa shape index (κ2) is 16.7. The normalized spacial score (nSPS) is 12.5. The van der Waals surface area contributed by atoms with Crippen LogP contribution in [0.2, 0.25) is 0 Å². The van der Waals surface area contributed by atoms with Crippen molar-refractivity contribution in [1.29, 1.82) is 0 Å². The minimum atomic E-state index is -3.76. The van der Waals surface area contributed by atoms with Gasteiger partial charge in [0, 0.05) is 49.2 Å². The number of imide groups is 1. The van der Waals surface area contributed by atoms with Gasteiger partial charge in [0.25, 0.3) is 11.8 Å². The fourth-order valence-corrected chi connectivity index (χ4v) is 10.4. The lowest BCUT2D eigenvalue weighted by Crippen LogP contribution is -3.00. The van der Waals surface area contributed by atoms with Crippen LogP contribution in [0, 0.1) is 0 Å². The summed E-state index contributed by atoms with van der Waals surface area (Å²) in [5.74, 6) is 0.457. The number of methoxy groups -OCH3 is 9. The molecular weight excluding hydrogens is 729 g/mol. The number of hydrogen-bond donors (Lipinski definition) is 0. The molecule has 1 saturated heterocycles. The van der Waals surface area contributed by atoms with Crippen molar-refractivity contribution in [1.82, 2.24) is 5.06 Å². The maximum atomic E-state index is 14.3. The van der Waals surface area contributed by atoms with E-state index >= 15 is 0 Å². The SMILES string of the molecule is COc1cc(OC)c([P+](CC(=O)ON2C(=O)CCC2=O)(c2c(OC)cc(OC)cc2OC)c2c(OC)cc(OC)cc2OC)c(OC)c1.[Br-]. The summed E-state index contributed by atoms with van der Waals surface area (Å²) in [4.78, 5) is 45.0. The van der Waals surface area contributed by atoms with Crippen molar-refractivity contribution in [2.24, 2.45) is 0 Å². The molecule has 0 N–H and O–H groups in total. The first-order valence-corrected chi connectivity index (χ1v) is 16.4. The van der Waals surface area contributed by atoms with Crippen LogP contribution in [0.1, 0.15) is 12.8 Å². The predicted molar refractivity (Wildman–Crippen MR) is 176 cm³/mol. The molecule has 2 amide bonds. The van der Waals surface area contributed by atoms with Crippen LogP contribution >= 0.6 is 7.26 Å². The zero-order valence-corrected chi connectivity index (χ0v) is 31.1. The van der Waals surface area contributed by atoms with E-state index in [4.69, 9.17) is 47.5 Å². The standard InChI is InChI=1S/C33H39NO13P.BrH/c1-38-19-12-22(41-4)31(23(13-19)42-5)48(18-30(37)47-34-28(35)10-11-29(34)36,32-24(43-6)14-20(39-2)15-25(32)44-7)33-26(45-8)16-21(40-3)17-27(33)46-9;/h12-17H,10-11,18H2,1-9H3;1H/q+1;/p-1. The first-order chi connectivity index (χ1) is 23.1. The van der Waals surface area contributed by atoms with E-state index in [2.05, 4.69) is 0 Å². The van der Waals surface area contributed by atoms with Crippen molar-refractivity contribution in [3.05, 3.63) is 36.4 Å². The van der Waals surface area contributed by atoms with Crippen molar-refractivity contribution in [2.75, 3.05) is 70.2 Å². The van der Waals surface area contributed by atoms with Crippen LogP contribution in [0.5, 0.6) is 51.7 Å². The topological polar surface area (TPSA) is 147 Å². The summed E-state index contributed by atoms with van der Waals surface area (Å²) >= 11 is 0. The summed E-state index contributed by atoms with van der Waals surface area (Å²) in [5.41, 5.74) is 0. The van der Waals surface area contributed by atoms with Crippen molar-refractivity contribution < 1.29 is 78.8 Å². The minimum absolute atomic E-state index is 0. The Balaban J connectivity index is 0.00000650. The Morgan fingerprint density at radius 3 is 1.02 bits per heavy atom. The molecule has 0 saturated carbocycles. The number of rotatable bonds is 15. The van der Waals surface area contributed by atoms with Crippen molar-refractivity contribution in [3.63, 3.8) is 0 Å². The molecule has 3 aromatic rings. The Morgan fingerprint density at radius 2 is 0.796 bits per heavy atom. The molecule has 0 aliphatic carbocycles. The third-order valence-electron chi connectivity index (χ3n) is 7.78. The lowest BCUT2D eigenvalue weighted by atomic mass is 10.3. The number of carbonyl (C=O) groups excluding carboxylic acids is 3. The van der Waals surface area contributed by atoms with Crippen LogP contribution in [0.4, 0.5) is 0 Å². The Morgan fingerprint density at radius 1 is 0.531 bits per heavy atom. The van der Waals surface area contributed by atoms with Crippen molar-refractivity contribution >= 4 is 41.0 Å². The Hall–Kier alpha value is -4.62. The molecule has 0 radical (unpaired) electrons. The van der Waals surface area contributed by atoms with E-state index in [1.54, 1.807) is 36.4 Å². The monoisotopic (exact) mass is 767 g/mol. The number of amides is 2. The predicted octanol–water partition coefficient (Wildman–Crippen LogP) is -0.331. The summed E-state index contributed by atoms with van der Waals surface area (Å²) in [6.45, 7) is 0. The average molecular weight is 769 g/mol. The number of hydrogen-bond acceptors (Lipinski definition) is 13. The van der Waals surface area contributed by atoms with Gasteiger partial charge >= 0.3 is 5.97 Å². The highest BCUT2D eigenvalue weighted by molar-refractivity contribution is 7.97. The zero-order valence-electron chi connectivity index (χ0n) is 28.7.